The molecule has 1 saturated heterocycles. The van der Waals surface area contributed by atoms with Crippen LogP contribution >= 0.6 is 15.9 Å². The van der Waals surface area contributed by atoms with Gasteiger partial charge in [0.2, 0.25) is 0 Å². The third-order valence-electron chi connectivity index (χ3n) is 3.57. The van der Waals surface area contributed by atoms with Crippen LogP contribution < -0.4 is 0 Å². The molecule has 19 heavy (non-hydrogen) atoms. The first-order chi connectivity index (χ1) is 9.02. The van der Waals surface area contributed by atoms with E-state index in [-0.39, 0.29) is 11.5 Å². The topological polar surface area (TPSA) is 20.3 Å². The van der Waals surface area contributed by atoms with Gasteiger partial charge in [-0.3, -0.25) is 4.79 Å². The second-order valence-corrected chi connectivity index (χ2v) is 5.76. The van der Waals surface area contributed by atoms with E-state index >= 15 is 0 Å². The van der Waals surface area contributed by atoms with Crippen molar-refractivity contribution in [2.24, 2.45) is 5.92 Å². The standard InChI is InChI=1S/C14H16BrF2NO/c1-9-6-11(13(17)7-12(9)16)14(19)18-5-3-10(8-18)2-4-15/h6-7,10H,2-5,8H2,1H3. The van der Waals surface area contributed by atoms with Crippen molar-refractivity contribution >= 4 is 21.8 Å². The summed E-state index contributed by atoms with van der Waals surface area (Å²) in [6.07, 6.45) is 1.95. The number of hydrogen-bond acceptors (Lipinski definition) is 1. The lowest BCUT2D eigenvalue weighted by molar-refractivity contribution is 0.0782. The predicted octanol–water partition coefficient (Wildman–Crippen LogP) is 3.52. The van der Waals surface area contributed by atoms with Gasteiger partial charge in [0.05, 0.1) is 5.56 Å². The summed E-state index contributed by atoms with van der Waals surface area (Å²) in [7, 11) is 0. The Balaban J connectivity index is 2.15. The SMILES string of the molecule is Cc1cc(C(=O)N2CCC(CCBr)C2)c(F)cc1F. The molecule has 0 aromatic heterocycles. The molecule has 0 N–H and O–H groups in total. The maximum atomic E-state index is 13.7. The molecule has 1 aliphatic heterocycles. The van der Waals surface area contributed by atoms with Crippen molar-refractivity contribution in [3.8, 4) is 0 Å². The van der Waals surface area contributed by atoms with E-state index in [1.165, 1.54) is 13.0 Å². The van der Waals surface area contributed by atoms with Crippen molar-refractivity contribution in [1.29, 1.82) is 0 Å². The molecule has 0 aliphatic carbocycles. The normalized spacial score (nSPS) is 18.9. The van der Waals surface area contributed by atoms with Crippen molar-refractivity contribution in [3.05, 3.63) is 34.9 Å². The number of alkyl halides is 1. The molecule has 2 nitrogen and oxygen atoms in total. The van der Waals surface area contributed by atoms with E-state index < -0.39 is 11.6 Å². The number of aryl methyl sites for hydroxylation is 1. The Labute approximate surface area is 119 Å². The first-order valence-corrected chi connectivity index (χ1v) is 7.46. The molecule has 0 saturated carbocycles. The van der Waals surface area contributed by atoms with Crippen LogP contribution in [0.5, 0.6) is 0 Å². The zero-order valence-electron chi connectivity index (χ0n) is 10.8. The molecule has 1 aromatic carbocycles. The van der Waals surface area contributed by atoms with Gasteiger partial charge in [0.25, 0.3) is 5.91 Å². The summed E-state index contributed by atoms with van der Waals surface area (Å²) < 4.78 is 26.9. The van der Waals surface area contributed by atoms with E-state index in [9.17, 15) is 13.6 Å². The van der Waals surface area contributed by atoms with E-state index in [1.807, 2.05) is 0 Å². The Morgan fingerprint density at radius 2 is 2.16 bits per heavy atom. The lowest BCUT2D eigenvalue weighted by Gasteiger charge is -2.17. The highest BCUT2D eigenvalue weighted by Gasteiger charge is 2.28. The van der Waals surface area contributed by atoms with Gasteiger partial charge < -0.3 is 4.90 Å². The van der Waals surface area contributed by atoms with Gasteiger partial charge >= 0.3 is 0 Å². The number of rotatable bonds is 3. The van der Waals surface area contributed by atoms with Crippen LogP contribution in [-0.4, -0.2) is 29.2 Å². The molecule has 2 rings (SSSR count). The molecule has 1 heterocycles. The summed E-state index contributed by atoms with van der Waals surface area (Å²) in [5.74, 6) is -1.27. The highest BCUT2D eigenvalue weighted by molar-refractivity contribution is 9.09. The fourth-order valence-corrected chi connectivity index (χ4v) is 3.05. The first-order valence-electron chi connectivity index (χ1n) is 6.33. The number of benzene rings is 1. The Morgan fingerprint density at radius 3 is 2.84 bits per heavy atom. The Kier molecular flexibility index (Phi) is 4.55. The number of amides is 1. The summed E-state index contributed by atoms with van der Waals surface area (Å²) >= 11 is 3.39. The van der Waals surface area contributed by atoms with Gasteiger partial charge in [-0.1, -0.05) is 15.9 Å². The van der Waals surface area contributed by atoms with Crippen molar-refractivity contribution in [3.63, 3.8) is 0 Å². The Hall–Kier alpha value is -0.970. The van der Waals surface area contributed by atoms with Crippen molar-refractivity contribution in [2.75, 3.05) is 18.4 Å². The van der Waals surface area contributed by atoms with Gasteiger partial charge in [-0.25, -0.2) is 8.78 Å². The number of likely N-dealkylation sites (tertiary alicyclic amines) is 1. The van der Waals surface area contributed by atoms with Crippen LogP contribution in [0.1, 0.15) is 28.8 Å². The largest absolute Gasteiger partial charge is 0.338 e. The van der Waals surface area contributed by atoms with Crippen molar-refractivity contribution < 1.29 is 13.6 Å². The maximum Gasteiger partial charge on any atom is 0.256 e. The van der Waals surface area contributed by atoms with Crippen LogP contribution in [0.4, 0.5) is 8.78 Å². The molecule has 1 unspecified atom stereocenters. The highest BCUT2D eigenvalue weighted by Crippen LogP contribution is 2.23. The third-order valence-corrected chi connectivity index (χ3v) is 4.03. The number of halogens is 3. The van der Waals surface area contributed by atoms with Crippen molar-refractivity contribution in [1.82, 2.24) is 4.90 Å². The molecule has 1 atom stereocenters. The number of hydrogen-bond donors (Lipinski definition) is 0. The zero-order valence-corrected chi connectivity index (χ0v) is 12.3. The van der Waals surface area contributed by atoms with Crippen LogP contribution in [0, 0.1) is 24.5 Å². The minimum atomic E-state index is -0.781. The lowest BCUT2D eigenvalue weighted by atomic mass is 10.1. The Bertz CT molecular complexity index is 493. The molecule has 0 radical (unpaired) electrons. The molecule has 1 aromatic rings. The van der Waals surface area contributed by atoms with Gasteiger partial charge in [-0.15, -0.1) is 0 Å². The molecular weight excluding hydrogens is 316 g/mol. The smallest absolute Gasteiger partial charge is 0.256 e. The zero-order chi connectivity index (χ0) is 14.0. The summed E-state index contributed by atoms with van der Waals surface area (Å²) in [6.45, 7) is 2.83. The molecule has 5 heteroatoms. The number of carbonyl (C=O) groups is 1. The van der Waals surface area contributed by atoms with Gasteiger partial charge in [0.15, 0.2) is 0 Å². The van der Waals surface area contributed by atoms with Gasteiger partial charge in [0, 0.05) is 24.5 Å². The summed E-state index contributed by atoms with van der Waals surface area (Å²) in [5.41, 5.74) is 0.263. The average Bonchev–Trinajstić information content (AvgIpc) is 2.82. The monoisotopic (exact) mass is 331 g/mol. The van der Waals surface area contributed by atoms with E-state index in [0.717, 1.165) is 24.2 Å². The van der Waals surface area contributed by atoms with Gasteiger partial charge in [-0.2, -0.15) is 0 Å². The molecule has 104 valence electrons. The van der Waals surface area contributed by atoms with Gasteiger partial charge in [-0.05, 0) is 37.3 Å². The van der Waals surface area contributed by atoms with E-state index in [4.69, 9.17) is 0 Å². The Morgan fingerprint density at radius 1 is 1.42 bits per heavy atom. The minimum Gasteiger partial charge on any atom is -0.338 e. The second kappa shape index (κ2) is 5.99. The molecule has 1 fully saturated rings. The molecule has 0 bridgehead atoms. The summed E-state index contributed by atoms with van der Waals surface area (Å²) in [6, 6.07) is 2.08. The van der Waals surface area contributed by atoms with Crippen LogP contribution in [0.15, 0.2) is 12.1 Å². The van der Waals surface area contributed by atoms with Gasteiger partial charge in [0.1, 0.15) is 11.6 Å². The van der Waals surface area contributed by atoms with E-state index in [2.05, 4.69) is 15.9 Å². The van der Waals surface area contributed by atoms with Crippen LogP contribution in [0.3, 0.4) is 0 Å². The molecular formula is C14H16BrF2NO. The predicted molar refractivity (Wildman–Crippen MR) is 73.5 cm³/mol. The fourth-order valence-electron chi connectivity index (χ4n) is 2.40. The van der Waals surface area contributed by atoms with Crippen LogP contribution in [-0.2, 0) is 0 Å². The lowest BCUT2D eigenvalue weighted by Crippen LogP contribution is -2.29. The van der Waals surface area contributed by atoms with Crippen molar-refractivity contribution in [2.45, 2.75) is 19.8 Å². The van der Waals surface area contributed by atoms with E-state index in [1.54, 1.807) is 4.90 Å². The third kappa shape index (κ3) is 3.14. The first kappa shape index (κ1) is 14.4. The average molecular weight is 332 g/mol. The molecule has 0 spiro atoms. The van der Waals surface area contributed by atoms with Crippen LogP contribution in [0.25, 0.3) is 0 Å². The van der Waals surface area contributed by atoms with Crippen LogP contribution in [0.2, 0.25) is 0 Å². The second-order valence-electron chi connectivity index (χ2n) is 4.96. The van der Waals surface area contributed by atoms with E-state index in [0.29, 0.717) is 24.6 Å². The fraction of sp³-hybridized carbons (Fsp3) is 0.500. The minimum absolute atomic E-state index is 0.0293. The molecule has 1 aliphatic rings. The highest BCUT2D eigenvalue weighted by atomic mass is 79.9. The summed E-state index contributed by atoms with van der Waals surface area (Å²) in [5, 5.41) is 0.906. The number of nitrogens with zero attached hydrogens (tertiary/aromatic N) is 1. The molecule has 1 amide bonds. The summed E-state index contributed by atoms with van der Waals surface area (Å²) in [4.78, 5) is 13.9. The number of carbonyl (C=O) groups excluding carboxylic acids is 1. The quantitative estimate of drug-likeness (QED) is 0.776. The maximum absolute atomic E-state index is 13.7.